The first-order chi connectivity index (χ1) is 8.59. The second-order valence-corrected chi connectivity index (χ2v) is 4.32. The van der Waals surface area contributed by atoms with Crippen LogP contribution in [0.15, 0.2) is 12.2 Å². The molecule has 0 aromatic carbocycles. The zero-order valence-corrected chi connectivity index (χ0v) is 10.3. The molecule has 1 unspecified atom stereocenters. The van der Waals surface area contributed by atoms with E-state index >= 15 is 0 Å². The zero-order valence-electron chi connectivity index (χ0n) is 10.3. The highest BCUT2D eigenvalue weighted by molar-refractivity contribution is 6.12. The molecule has 0 N–H and O–H groups in total. The van der Waals surface area contributed by atoms with E-state index in [9.17, 15) is 14.4 Å². The smallest absolute Gasteiger partial charge is 0.253 e. The van der Waals surface area contributed by atoms with Crippen LogP contribution in [0.2, 0.25) is 0 Å². The van der Waals surface area contributed by atoms with Gasteiger partial charge < -0.3 is 9.64 Å². The van der Waals surface area contributed by atoms with Crippen molar-refractivity contribution in [1.29, 1.82) is 0 Å². The summed E-state index contributed by atoms with van der Waals surface area (Å²) < 4.78 is 5.49. The van der Waals surface area contributed by atoms with Crippen LogP contribution in [0, 0.1) is 0 Å². The van der Waals surface area contributed by atoms with Gasteiger partial charge >= 0.3 is 0 Å². The lowest BCUT2D eigenvalue weighted by molar-refractivity contribution is -0.144. The molecule has 1 atom stereocenters. The number of hydrogen-bond acceptors (Lipinski definition) is 4. The number of hydrogen-bond donors (Lipinski definition) is 0. The van der Waals surface area contributed by atoms with E-state index in [1.807, 2.05) is 0 Å². The molecule has 0 spiro atoms. The number of rotatable bonds is 5. The van der Waals surface area contributed by atoms with Crippen molar-refractivity contribution in [1.82, 2.24) is 9.80 Å². The van der Waals surface area contributed by atoms with Crippen LogP contribution in [-0.4, -0.2) is 53.4 Å². The van der Waals surface area contributed by atoms with Crippen LogP contribution in [-0.2, 0) is 19.1 Å². The van der Waals surface area contributed by atoms with Crippen LogP contribution in [0.1, 0.15) is 19.8 Å². The molecule has 2 aliphatic heterocycles. The van der Waals surface area contributed by atoms with Crippen molar-refractivity contribution in [2.24, 2.45) is 0 Å². The molecule has 6 nitrogen and oxygen atoms in total. The minimum atomic E-state index is -0.312. The monoisotopic (exact) mass is 252 g/mol. The normalized spacial score (nSPS) is 21.3. The van der Waals surface area contributed by atoms with Crippen LogP contribution in [0.25, 0.3) is 0 Å². The maximum absolute atomic E-state index is 11.5. The number of imide groups is 1. The van der Waals surface area contributed by atoms with E-state index in [2.05, 4.69) is 0 Å². The van der Waals surface area contributed by atoms with Crippen molar-refractivity contribution in [3.8, 4) is 0 Å². The fourth-order valence-corrected chi connectivity index (χ4v) is 2.11. The maximum Gasteiger partial charge on any atom is 0.253 e. The van der Waals surface area contributed by atoms with E-state index < -0.39 is 0 Å². The predicted molar refractivity (Wildman–Crippen MR) is 62.2 cm³/mol. The van der Waals surface area contributed by atoms with Crippen LogP contribution in [0.3, 0.4) is 0 Å². The molecule has 2 aliphatic rings. The van der Waals surface area contributed by atoms with Gasteiger partial charge in [-0.15, -0.1) is 0 Å². The highest BCUT2D eigenvalue weighted by Crippen LogP contribution is 2.14. The highest BCUT2D eigenvalue weighted by Gasteiger charge is 2.26. The summed E-state index contributed by atoms with van der Waals surface area (Å²) in [6.07, 6.45) is 3.62. The third kappa shape index (κ3) is 2.59. The molecule has 1 saturated heterocycles. The SMILES string of the molecule is CC(OCCN1C(=O)C=CC1=O)N1CCCC1=O. The molecule has 0 radical (unpaired) electrons. The van der Waals surface area contributed by atoms with E-state index in [0.717, 1.165) is 11.3 Å². The van der Waals surface area contributed by atoms with Gasteiger partial charge in [0.1, 0.15) is 6.23 Å². The van der Waals surface area contributed by atoms with Gasteiger partial charge in [0.25, 0.3) is 11.8 Å². The molecular formula is C12H16N2O4. The first-order valence-electron chi connectivity index (χ1n) is 6.04. The Bertz CT molecular complexity index is 387. The number of carbonyl (C=O) groups excluding carboxylic acids is 3. The third-order valence-electron chi connectivity index (χ3n) is 3.12. The molecule has 2 rings (SSSR count). The lowest BCUT2D eigenvalue weighted by Gasteiger charge is -2.25. The Balaban J connectivity index is 1.74. The van der Waals surface area contributed by atoms with Crippen LogP contribution >= 0.6 is 0 Å². The van der Waals surface area contributed by atoms with E-state index in [4.69, 9.17) is 4.74 Å². The zero-order chi connectivity index (χ0) is 13.1. The molecule has 98 valence electrons. The lowest BCUT2D eigenvalue weighted by atomic mass is 10.4. The summed E-state index contributed by atoms with van der Waals surface area (Å²) >= 11 is 0. The van der Waals surface area contributed by atoms with Crippen LogP contribution < -0.4 is 0 Å². The van der Waals surface area contributed by atoms with E-state index in [1.54, 1.807) is 11.8 Å². The Kier molecular flexibility index (Phi) is 3.76. The number of nitrogens with zero attached hydrogens (tertiary/aromatic N) is 2. The van der Waals surface area contributed by atoms with Gasteiger partial charge in [-0.1, -0.05) is 0 Å². The quantitative estimate of drug-likeness (QED) is 0.641. The first-order valence-corrected chi connectivity index (χ1v) is 6.04. The average Bonchev–Trinajstić information content (AvgIpc) is 2.89. The summed E-state index contributed by atoms with van der Waals surface area (Å²) in [5, 5.41) is 0. The average molecular weight is 252 g/mol. The number of amides is 3. The van der Waals surface area contributed by atoms with Crippen molar-refractivity contribution in [2.45, 2.75) is 26.0 Å². The molecule has 0 aliphatic carbocycles. The van der Waals surface area contributed by atoms with Gasteiger partial charge in [-0.3, -0.25) is 19.3 Å². The van der Waals surface area contributed by atoms with Crippen LogP contribution in [0.5, 0.6) is 0 Å². The molecule has 0 aromatic rings. The number of carbonyl (C=O) groups is 3. The van der Waals surface area contributed by atoms with Gasteiger partial charge in [0.15, 0.2) is 0 Å². The Morgan fingerprint density at radius 2 is 1.94 bits per heavy atom. The minimum absolute atomic E-state index is 0.0949. The number of ether oxygens (including phenoxy) is 1. The Hall–Kier alpha value is -1.69. The molecule has 0 bridgehead atoms. The maximum atomic E-state index is 11.5. The van der Waals surface area contributed by atoms with Gasteiger partial charge in [0.05, 0.1) is 13.2 Å². The molecule has 0 saturated carbocycles. The Morgan fingerprint density at radius 1 is 1.28 bits per heavy atom. The fraction of sp³-hybridized carbons (Fsp3) is 0.583. The summed E-state index contributed by atoms with van der Waals surface area (Å²) in [6.45, 7) is 2.97. The topological polar surface area (TPSA) is 66.9 Å². The van der Waals surface area contributed by atoms with Crippen LogP contribution in [0.4, 0.5) is 0 Å². The van der Waals surface area contributed by atoms with Crippen molar-refractivity contribution in [2.75, 3.05) is 19.7 Å². The van der Waals surface area contributed by atoms with E-state index in [1.165, 1.54) is 12.2 Å². The molecule has 18 heavy (non-hydrogen) atoms. The fourth-order valence-electron chi connectivity index (χ4n) is 2.11. The van der Waals surface area contributed by atoms with Gasteiger partial charge in [-0.05, 0) is 13.3 Å². The minimum Gasteiger partial charge on any atom is -0.357 e. The first kappa shape index (κ1) is 12.8. The summed E-state index contributed by atoms with van der Waals surface area (Å²) in [5.74, 6) is -0.528. The van der Waals surface area contributed by atoms with Crippen molar-refractivity contribution < 1.29 is 19.1 Å². The van der Waals surface area contributed by atoms with Crippen molar-refractivity contribution >= 4 is 17.7 Å². The molecule has 1 fully saturated rings. The molecule has 6 heteroatoms. The molecule has 2 heterocycles. The van der Waals surface area contributed by atoms with E-state index in [-0.39, 0.29) is 37.1 Å². The summed E-state index contributed by atoms with van der Waals surface area (Å²) in [7, 11) is 0. The molecule has 0 aromatic heterocycles. The standard InChI is InChI=1S/C12H16N2O4/c1-9(13-6-2-3-10(13)15)18-8-7-14-11(16)4-5-12(14)17/h4-5,9H,2-3,6-8H2,1H3. The Morgan fingerprint density at radius 3 is 2.50 bits per heavy atom. The lowest BCUT2D eigenvalue weighted by Crippen LogP contribution is -2.39. The van der Waals surface area contributed by atoms with Crippen molar-refractivity contribution in [3.05, 3.63) is 12.2 Å². The highest BCUT2D eigenvalue weighted by atomic mass is 16.5. The number of likely N-dealkylation sites (tertiary alicyclic amines) is 1. The summed E-state index contributed by atoms with van der Waals surface area (Å²) in [4.78, 5) is 36.8. The Labute approximate surface area is 105 Å². The third-order valence-corrected chi connectivity index (χ3v) is 3.12. The van der Waals surface area contributed by atoms with Gasteiger partial charge in [-0.25, -0.2) is 0 Å². The summed E-state index contributed by atoms with van der Waals surface area (Å²) in [5.41, 5.74) is 0. The molecular weight excluding hydrogens is 236 g/mol. The second kappa shape index (κ2) is 5.30. The predicted octanol–water partition coefficient (Wildman–Crippen LogP) is -0.104. The van der Waals surface area contributed by atoms with Gasteiger partial charge in [0, 0.05) is 25.1 Å². The second-order valence-electron chi connectivity index (χ2n) is 4.32. The summed E-state index contributed by atoms with van der Waals surface area (Å²) in [6, 6.07) is 0. The van der Waals surface area contributed by atoms with Gasteiger partial charge in [-0.2, -0.15) is 0 Å². The van der Waals surface area contributed by atoms with E-state index in [0.29, 0.717) is 13.0 Å². The largest absolute Gasteiger partial charge is 0.357 e. The molecule has 3 amide bonds. The van der Waals surface area contributed by atoms with Crippen molar-refractivity contribution in [3.63, 3.8) is 0 Å². The van der Waals surface area contributed by atoms with Gasteiger partial charge in [0.2, 0.25) is 5.91 Å².